The van der Waals surface area contributed by atoms with Crippen LogP contribution in [0.5, 0.6) is 0 Å². The summed E-state index contributed by atoms with van der Waals surface area (Å²) >= 11 is 0. The number of amides is 2. The van der Waals surface area contributed by atoms with E-state index in [1.54, 1.807) is 35.4 Å². The first-order valence-electron chi connectivity index (χ1n) is 13.0. The maximum Gasteiger partial charge on any atom is 0.253 e. The molecule has 1 saturated heterocycles. The summed E-state index contributed by atoms with van der Waals surface area (Å²) in [5.74, 6) is 0.373. The summed E-state index contributed by atoms with van der Waals surface area (Å²) in [5.41, 5.74) is 2.49. The lowest BCUT2D eigenvalue weighted by Gasteiger charge is -2.41. The number of nitrogens with one attached hydrogen (secondary N) is 2. The first-order valence-corrected chi connectivity index (χ1v) is 14.9. The van der Waals surface area contributed by atoms with Crippen LogP contribution in [0.4, 0.5) is 11.6 Å². The van der Waals surface area contributed by atoms with Crippen LogP contribution in [0.3, 0.4) is 0 Å². The van der Waals surface area contributed by atoms with Gasteiger partial charge in [0.25, 0.3) is 5.91 Å². The minimum Gasteiger partial charge on any atom is -0.348 e. The number of sulfonamides is 1. The molecule has 4 heterocycles. The van der Waals surface area contributed by atoms with Crippen LogP contribution in [0.2, 0.25) is 0 Å². The standard InChI is InChI=1S/C26H31N7O4S/c1-38(36,37)32-13-11-31(12-14-32)23(34)18-5-7-20(8-6-18)29-25-28-16-19-15-21-17-27-24(35)26(9-3-2-4-10-26)33(21)22(19)30-25/h5-8,15-16H,2-4,9-14,17H2,1H3,(H,27,35)(H,28,29,30). The monoisotopic (exact) mass is 537 g/mol. The van der Waals surface area contributed by atoms with Gasteiger partial charge >= 0.3 is 0 Å². The second-order valence-electron chi connectivity index (χ2n) is 10.4. The Balaban J connectivity index is 1.20. The molecule has 2 fully saturated rings. The third-order valence-corrected chi connectivity index (χ3v) is 9.26. The van der Waals surface area contributed by atoms with Gasteiger partial charge in [-0.2, -0.15) is 9.29 Å². The number of fused-ring (bicyclic) bond motifs is 4. The minimum absolute atomic E-state index is 0.0771. The largest absolute Gasteiger partial charge is 0.348 e. The van der Waals surface area contributed by atoms with Crippen molar-refractivity contribution in [2.24, 2.45) is 0 Å². The lowest BCUT2D eigenvalue weighted by molar-refractivity contribution is -0.133. The summed E-state index contributed by atoms with van der Waals surface area (Å²) in [6.07, 6.45) is 7.75. The van der Waals surface area contributed by atoms with Crippen molar-refractivity contribution in [3.63, 3.8) is 0 Å². The van der Waals surface area contributed by atoms with Gasteiger partial charge < -0.3 is 20.1 Å². The first-order chi connectivity index (χ1) is 18.2. The van der Waals surface area contributed by atoms with Gasteiger partial charge in [0.05, 0.1) is 12.8 Å². The van der Waals surface area contributed by atoms with Gasteiger partial charge in [-0.1, -0.05) is 19.3 Å². The summed E-state index contributed by atoms with van der Waals surface area (Å²) in [6.45, 7) is 1.81. The highest BCUT2D eigenvalue weighted by atomic mass is 32.2. The minimum atomic E-state index is -3.25. The van der Waals surface area contributed by atoms with Crippen LogP contribution in [0, 0.1) is 0 Å². The topological polar surface area (TPSA) is 130 Å². The van der Waals surface area contributed by atoms with E-state index in [1.807, 2.05) is 0 Å². The van der Waals surface area contributed by atoms with Crippen molar-refractivity contribution in [2.75, 3.05) is 37.8 Å². The fourth-order valence-corrected chi connectivity index (χ4v) is 6.79. The van der Waals surface area contributed by atoms with E-state index in [0.29, 0.717) is 44.2 Å². The number of hydrogen-bond acceptors (Lipinski definition) is 7. The Hall–Kier alpha value is -3.51. The van der Waals surface area contributed by atoms with Gasteiger partial charge in [0.15, 0.2) is 0 Å². The van der Waals surface area contributed by atoms with Crippen molar-refractivity contribution in [2.45, 2.75) is 44.2 Å². The molecule has 0 atom stereocenters. The molecule has 1 saturated carbocycles. The average molecular weight is 538 g/mol. The van der Waals surface area contributed by atoms with E-state index >= 15 is 0 Å². The zero-order valence-corrected chi connectivity index (χ0v) is 22.1. The lowest BCUT2D eigenvalue weighted by atomic mass is 9.79. The second kappa shape index (κ2) is 9.35. The number of piperazine rings is 1. The molecule has 3 aliphatic rings. The zero-order chi connectivity index (χ0) is 26.5. The van der Waals surface area contributed by atoms with E-state index < -0.39 is 15.6 Å². The molecule has 1 aromatic carbocycles. The molecule has 0 radical (unpaired) electrons. The van der Waals surface area contributed by atoms with Crippen LogP contribution < -0.4 is 10.6 Å². The predicted octanol–water partition coefficient (Wildman–Crippen LogP) is 2.18. The molecule has 2 aromatic heterocycles. The third kappa shape index (κ3) is 4.31. The lowest BCUT2D eigenvalue weighted by Crippen LogP contribution is -2.54. The Bertz CT molecular complexity index is 1500. The highest BCUT2D eigenvalue weighted by Crippen LogP contribution is 2.41. The van der Waals surface area contributed by atoms with Gasteiger partial charge in [0.1, 0.15) is 11.2 Å². The number of rotatable bonds is 4. The predicted molar refractivity (Wildman–Crippen MR) is 142 cm³/mol. The fraction of sp³-hybridized carbons (Fsp3) is 0.462. The second-order valence-corrected chi connectivity index (χ2v) is 12.4. The van der Waals surface area contributed by atoms with E-state index in [2.05, 4.69) is 26.3 Å². The molecule has 2 aliphatic heterocycles. The Kier molecular flexibility index (Phi) is 6.10. The van der Waals surface area contributed by atoms with Crippen molar-refractivity contribution >= 4 is 44.5 Å². The van der Waals surface area contributed by atoms with Crippen LogP contribution in [-0.4, -0.2) is 76.4 Å². The maximum absolute atomic E-state index is 13.1. The third-order valence-electron chi connectivity index (χ3n) is 7.96. The number of carbonyl (C=O) groups is 2. The van der Waals surface area contributed by atoms with Gasteiger partial charge in [0.2, 0.25) is 21.9 Å². The van der Waals surface area contributed by atoms with Crippen LogP contribution in [0.25, 0.3) is 11.0 Å². The van der Waals surface area contributed by atoms with E-state index in [4.69, 9.17) is 4.98 Å². The van der Waals surface area contributed by atoms with Crippen molar-refractivity contribution in [1.82, 2.24) is 29.1 Å². The number of nitrogens with zero attached hydrogens (tertiary/aromatic N) is 5. The number of benzene rings is 1. The summed E-state index contributed by atoms with van der Waals surface area (Å²) in [7, 11) is -3.25. The Morgan fingerprint density at radius 2 is 1.76 bits per heavy atom. The van der Waals surface area contributed by atoms with E-state index in [-0.39, 0.29) is 11.8 Å². The van der Waals surface area contributed by atoms with Crippen molar-refractivity contribution < 1.29 is 18.0 Å². The average Bonchev–Trinajstić information content (AvgIpc) is 3.30. The Morgan fingerprint density at radius 1 is 1.05 bits per heavy atom. The molecule has 0 bridgehead atoms. The molecule has 3 aromatic rings. The summed E-state index contributed by atoms with van der Waals surface area (Å²) in [5, 5.41) is 7.21. The Morgan fingerprint density at radius 3 is 2.45 bits per heavy atom. The number of aromatic nitrogens is 3. The number of anilines is 2. The molecular formula is C26H31N7O4S. The molecule has 1 spiro atoms. The maximum atomic E-state index is 13.1. The summed E-state index contributed by atoms with van der Waals surface area (Å²) in [4.78, 5) is 37.0. The molecule has 200 valence electrons. The highest BCUT2D eigenvalue weighted by molar-refractivity contribution is 7.88. The number of carbonyl (C=O) groups excluding carboxylic acids is 2. The fourth-order valence-electron chi connectivity index (χ4n) is 5.97. The van der Waals surface area contributed by atoms with Gasteiger partial charge in [-0.3, -0.25) is 9.59 Å². The molecule has 11 nitrogen and oxygen atoms in total. The first kappa shape index (κ1) is 24.8. The molecule has 1 aliphatic carbocycles. The molecule has 0 unspecified atom stereocenters. The molecule has 38 heavy (non-hydrogen) atoms. The zero-order valence-electron chi connectivity index (χ0n) is 21.3. The molecule has 2 N–H and O–H groups in total. The van der Waals surface area contributed by atoms with Gasteiger partial charge in [-0.25, -0.2) is 13.4 Å². The van der Waals surface area contributed by atoms with Gasteiger partial charge in [0, 0.05) is 54.7 Å². The van der Waals surface area contributed by atoms with Gasteiger partial charge in [-0.15, -0.1) is 0 Å². The normalized spacial score (nSPS) is 19.8. The molecule has 6 rings (SSSR count). The van der Waals surface area contributed by atoms with E-state index in [1.165, 1.54) is 10.6 Å². The summed E-state index contributed by atoms with van der Waals surface area (Å²) < 4.78 is 27.0. The van der Waals surface area contributed by atoms with Crippen molar-refractivity contribution in [3.05, 3.63) is 47.8 Å². The SMILES string of the molecule is CS(=O)(=O)N1CCN(C(=O)c2ccc(Nc3ncc4cc5n(c4n3)C3(CCCCC3)C(=O)NC5)cc2)CC1. The van der Waals surface area contributed by atoms with E-state index in [0.717, 1.165) is 54.5 Å². The molecule has 12 heteroatoms. The van der Waals surface area contributed by atoms with Crippen LogP contribution in [0.15, 0.2) is 36.5 Å². The van der Waals surface area contributed by atoms with Crippen LogP contribution >= 0.6 is 0 Å². The quantitative estimate of drug-likeness (QED) is 0.522. The Labute approximate surface area is 221 Å². The number of hydrogen-bond donors (Lipinski definition) is 2. The van der Waals surface area contributed by atoms with Gasteiger partial charge in [-0.05, 0) is 43.2 Å². The van der Waals surface area contributed by atoms with Crippen LogP contribution in [-0.2, 0) is 26.9 Å². The van der Waals surface area contributed by atoms with Crippen molar-refractivity contribution in [3.8, 4) is 0 Å². The molecular weight excluding hydrogens is 506 g/mol. The molecule has 2 amide bonds. The highest BCUT2D eigenvalue weighted by Gasteiger charge is 2.45. The summed E-state index contributed by atoms with van der Waals surface area (Å²) in [6, 6.07) is 9.15. The van der Waals surface area contributed by atoms with Crippen LogP contribution in [0.1, 0.15) is 48.2 Å². The smallest absolute Gasteiger partial charge is 0.253 e. The van der Waals surface area contributed by atoms with Crippen molar-refractivity contribution in [1.29, 1.82) is 0 Å². The van der Waals surface area contributed by atoms with E-state index in [9.17, 15) is 18.0 Å².